The fourth-order valence-corrected chi connectivity index (χ4v) is 4.20. The van der Waals surface area contributed by atoms with Crippen LogP contribution in [0, 0.1) is 0 Å². The number of urea groups is 1. The Hall–Kier alpha value is -3.53. The van der Waals surface area contributed by atoms with Crippen LogP contribution in [0.3, 0.4) is 0 Å². The van der Waals surface area contributed by atoms with Gasteiger partial charge in [-0.25, -0.2) is 19.3 Å². The summed E-state index contributed by atoms with van der Waals surface area (Å²) in [6, 6.07) is 9.12. The second-order valence-corrected chi connectivity index (χ2v) is 8.88. The van der Waals surface area contributed by atoms with E-state index in [1.807, 2.05) is 12.1 Å². The number of imide groups is 1. The molecule has 2 heterocycles. The number of halogens is 2. The first-order chi connectivity index (χ1) is 16.2. The molecule has 176 valence electrons. The van der Waals surface area contributed by atoms with Crippen molar-refractivity contribution in [3.05, 3.63) is 57.0 Å². The number of hydrogen-bond acceptors (Lipinski definition) is 7. The number of nitrogens with zero attached hydrogens (tertiary/aromatic N) is 5. The summed E-state index contributed by atoms with van der Waals surface area (Å²) in [5.74, 6) is 0.114. The molecule has 2 aromatic rings. The molecular weight excluding hydrogens is 528 g/mol. The van der Waals surface area contributed by atoms with E-state index in [0.717, 1.165) is 10.5 Å². The van der Waals surface area contributed by atoms with Crippen LogP contribution in [-0.4, -0.2) is 71.9 Å². The summed E-state index contributed by atoms with van der Waals surface area (Å²) in [6.07, 6.45) is 1.49. The Balaban J connectivity index is 1.65. The number of carbonyl (C=O) groups is 2. The smallest absolute Gasteiger partial charge is 0.421 e. The Labute approximate surface area is 208 Å². The molecule has 1 fully saturated rings. The molecule has 2 aliphatic heterocycles. The molecule has 0 aliphatic carbocycles. The first-order valence-corrected chi connectivity index (χ1v) is 11.2. The highest BCUT2D eigenvalue weighted by Crippen LogP contribution is 2.32. The average molecular weight is 548 g/mol. The zero-order valence-electron chi connectivity index (χ0n) is 18.5. The lowest BCUT2D eigenvalue weighted by molar-refractivity contribution is -0.271. The van der Waals surface area contributed by atoms with E-state index in [4.69, 9.17) is 16.3 Å². The molecule has 2 aromatic carbocycles. The molecule has 0 spiro atoms. The van der Waals surface area contributed by atoms with Gasteiger partial charge in [0.2, 0.25) is 6.04 Å². The van der Waals surface area contributed by atoms with Crippen LogP contribution in [0.15, 0.2) is 46.0 Å². The summed E-state index contributed by atoms with van der Waals surface area (Å²) in [6.45, 7) is 0.318. The van der Waals surface area contributed by atoms with Crippen molar-refractivity contribution in [1.29, 1.82) is 0 Å². The standard InChI is InChI=1S/C22H20BrClN6O4/c1-28-19-17(20(32)29(2)22(28)33)30(11-12-4-6-14(24)7-5-12)21(26-19)27-25-10-13-8-15(23)18(31)16(9-13)34-3/h4-10,17H,11H2,1-3H3,(H,25,31). The number of hydrogen-bond donors (Lipinski definition) is 1. The zero-order valence-corrected chi connectivity index (χ0v) is 20.8. The second kappa shape index (κ2) is 9.38. The van der Waals surface area contributed by atoms with Crippen LogP contribution in [0.5, 0.6) is 11.5 Å². The minimum atomic E-state index is -0.796. The number of amides is 3. The third-order valence-electron chi connectivity index (χ3n) is 5.43. The van der Waals surface area contributed by atoms with E-state index in [9.17, 15) is 14.7 Å². The van der Waals surface area contributed by atoms with Gasteiger partial charge in [-0.05, 0) is 29.8 Å². The lowest BCUT2D eigenvalue weighted by atomic mass is 10.1. The molecule has 12 heteroatoms. The van der Waals surface area contributed by atoms with E-state index < -0.39 is 18.0 Å². The number of rotatable bonds is 5. The van der Waals surface area contributed by atoms with Crippen LogP contribution in [0.1, 0.15) is 11.1 Å². The maximum absolute atomic E-state index is 13.0. The van der Waals surface area contributed by atoms with Gasteiger partial charge in [0.15, 0.2) is 0 Å². The number of methoxy groups -OCH3 is 1. The van der Waals surface area contributed by atoms with Gasteiger partial charge < -0.3 is 9.84 Å². The van der Waals surface area contributed by atoms with Gasteiger partial charge in [-0.3, -0.25) is 9.69 Å². The fraction of sp³-hybridized carbons (Fsp3) is 0.227. The van der Waals surface area contributed by atoms with E-state index in [-0.39, 0.29) is 11.5 Å². The summed E-state index contributed by atoms with van der Waals surface area (Å²) in [4.78, 5) is 29.6. The number of carbonyl (C=O) groups excluding carboxylic acids is 2. The Morgan fingerprint density at radius 3 is 2.62 bits per heavy atom. The summed E-state index contributed by atoms with van der Waals surface area (Å²) >= 11 is 9.22. The van der Waals surface area contributed by atoms with Gasteiger partial charge in [0.05, 0.1) is 26.9 Å². The maximum atomic E-state index is 13.0. The number of guanidine groups is 1. The summed E-state index contributed by atoms with van der Waals surface area (Å²) in [7, 11) is 4.42. The Kier molecular flexibility index (Phi) is 6.52. The molecule has 4 rings (SSSR count). The number of benzene rings is 2. The van der Waals surface area contributed by atoms with Crippen molar-refractivity contribution in [2.45, 2.75) is 12.6 Å². The van der Waals surface area contributed by atoms with Crippen LogP contribution in [0.25, 0.3) is 0 Å². The molecule has 0 radical (unpaired) electrons. The monoisotopic (exact) mass is 546 g/mol. The zero-order chi connectivity index (χ0) is 24.6. The van der Waals surface area contributed by atoms with E-state index in [1.165, 1.54) is 25.3 Å². The first-order valence-electron chi connectivity index (χ1n) is 10.1. The van der Waals surface area contributed by atoms with Gasteiger partial charge in [-0.2, -0.15) is 5.43 Å². The number of likely N-dealkylation sites (N-methyl/N-ethyl adjacent to an activating group) is 2. The highest BCUT2D eigenvalue weighted by Gasteiger charge is 2.54. The number of ether oxygens (including phenoxy) is 1. The molecule has 1 saturated heterocycles. The maximum Gasteiger partial charge on any atom is 0.421 e. The van der Waals surface area contributed by atoms with Crippen molar-refractivity contribution in [2.75, 3.05) is 21.2 Å². The van der Waals surface area contributed by atoms with E-state index in [2.05, 4.69) is 31.1 Å². The second-order valence-electron chi connectivity index (χ2n) is 7.59. The largest absolute Gasteiger partial charge is 0.869 e. The summed E-state index contributed by atoms with van der Waals surface area (Å²) in [5, 5.41) is 16.8. The highest BCUT2D eigenvalue weighted by molar-refractivity contribution is 9.10. The molecule has 1 unspecified atom stereocenters. The van der Waals surface area contributed by atoms with E-state index in [1.54, 1.807) is 36.2 Å². The van der Waals surface area contributed by atoms with Gasteiger partial charge in [-0.15, -0.1) is 5.10 Å². The minimum absolute atomic E-state index is 0.175. The van der Waals surface area contributed by atoms with Crippen LogP contribution in [0.2, 0.25) is 5.02 Å². The Morgan fingerprint density at radius 2 is 1.94 bits per heavy atom. The van der Waals surface area contributed by atoms with Gasteiger partial charge in [0, 0.05) is 22.1 Å². The van der Waals surface area contributed by atoms with Crippen molar-refractivity contribution in [1.82, 2.24) is 24.8 Å². The van der Waals surface area contributed by atoms with Crippen molar-refractivity contribution in [3.63, 3.8) is 0 Å². The van der Waals surface area contributed by atoms with Crippen LogP contribution in [-0.2, 0) is 11.3 Å². The van der Waals surface area contributed by atoms with Crippen molar-refractivity contribution >= 4 is 57.5 Å². The molecule has 0 aromatic heterocycles. The number of fused-ring (bicyclic) bond motifs is 1. The predicted molar refractivity (Wildman–Crippen MR) is 130 cm³/mol. The van der Waals surface area contributed by atoms with Crippen LogP contribution >= 0.6 is 27.5 Å². The van der Waals surface area contributed by atoms with Gasteiger partial charge in [0.1, 0.15) is 5.75 Å². The van der Waals surface area contributed by atoms with Crippen molar-refractivity contribution in [2.24, 2.45) is 5.10 Å². The predicted octanol–water partition coefficient (Wildman–Crippen LogP) is 1.34. The molecule has 1 atom stereocenters. The highest BCUT2D eigenvalue weighted by atomic mass is 79.9. The first kappa shape index (κ1) is 23.6. The van der Waals surface area contributed by atoms with Crippen molar-refractivity contribution in [3.8, 4) is 11.5 Å². The van der Waals surface area contributed by atoms with Gasteiger partial charge in [-0.1, -0.05) is 45.4 Å². The lowest BCUT2D eigenvalue weighted by Gasteiger charge is -2.31. The van der Waals surface area contributed by atoms with E-state index in [0.29, 0.717) is 33.4 Å². The topological polar surface area (TPSA) is 115 Å². The molecule has 3 amide bonds. The molecule has 0 saturated carbocycles. The third-order valence-corrected chi connectivity index (χ3v) is 6.27. The fourth-order valence-electron chi connectivity index (χ4n) is 3.62. The lowest BCUT2D eigenvalue weighted by Crippen LogP contribution is -2.63. The van der Waals surface area contributed by atoms with E-state index >= 15 is 0 Å². The summed E-state index contributed by atoms with van der Waals surface area (Å²) in [5.41, 5.74) is 4.36. The Morgan fingerprint density at radius 1 is 1.24 bits per heavy atom. The van der Waals surface area contributed by atoms with Gasteiger partial charge in [0.25, 0.3) is 5.91 Å². The van der Waals surface area contributed by atoms with Gasteiger partial charge >= 0.3 is 17.8 Å². The molecular formula is C22H20BrClN6O4. The normalized spacial score (nSPS) is 17.8. The molecule has 1 N–H and O–H groups in total. The number of hydrazone groups is 1. The number of nitrogens with one attached hydrogen (secondary N) is 1. The average Bonchev–Trinajstić information content (AvgIpc) is 3.18. The van der Waals surface area contributed by atoms with Crippen LogP contribution < -0.4 is 19.9 Å². The molecule has 34 heavy (non-hydrogen) atoms. The third kappa shape index (κ3) is 4.33. The SMILES string of the molecule is COc1cc(/C=N/NC2=[N+]=C3C(C(=O)N(C)C(=O)N3C)N2Cc2ccc(Cl)cc2)cc(Br)c1[O-]. The summed E-state index contributed by atoms with van der Waals surface area (Å²) < 4.78 is 9.94. The quantitative estimate of drug-likeness (QED) is 0.343. The Bertz CT molecular complexity index is 1260. The molecule has 0 bridgehead atoms. The minimum Gasteiger partial charge on any atom is -0.869 e. The number of amidine groups is 1. The molecule has 2 aliphatic rings. The van der Waals surface area contributed by atoms with Crippen molar-refractivity contribution < 1.29 is 19.4 Å². The molecule has 10 nitrogen and oxygen atoms in total. The van der Waals surface area contributed by atoms with Crippen LogP contribution in [0.4, 0.5) is 4.79 Å².